The first-order valence-corrected chi connectivity index (χ1v) is 7.59. The van der Waals surface area contributed by atoms with Crippen molar-refractivity contribution < 1.29 is 4.74 Å². The number of hydrogen-bond acceptors (Lipinski definition) is 3. The molecule has 1 N–H and O–H groups in total. The van der Waals surface area contributed by atoms with Crippen molar-refractivity contribution in [3.63, 3.8) is 0 Å². The number of imidazole rings is 1. The van der Waals surface area contributed by atoms with Crippen LogP contribution in [0.3, 0.4) is 0 Å². The molecule has 1 heterocycles. The summed E-state index contributed by atoms with van der Waals surface area (Å²) >= 11 is 15.7. The third kappa shape index (κ3) is 3.67. The summed E-state index contributed by atoms with van der Waals surface area (Å²) in [6.45, 7) is 1.53. The van der Waals surface area contributed by atoms with E-state index in [-0.39, 0.29) is 0 Å². The van der Waals surface area contributed by atoms with Gasteiger partial charge in [-0.15, -0.1) is 0 Å². The highest BCUT2D eigenvalue weighted by Crippen LogP contribution is 2.36. The van der Waals surface area contributed by atoms with Crippen molar-refractivity contribution >= 4 is 50.8 Å². The Balaban J connectivity index is 2.14. The second kappa shape index (κ2) is 7.31. The number of aryl methyl sites for hydroxylation is 1. The summed E-state index contributed by atoms with van der Waals surface area (Å²) in [7, 11) is 1.69. The molecule has 0 saturated heterocycles. The van der Waals surface area contributed by atoms with E-state index >= 15 is 0 Å². The molecular weight excluding hydrogens is 365 g/mol. The smallest absolute Gasteiger partial charge is 0.207 e. The molecule has 4 nitrogen and oxygen atoms in total. The monoisotopic (exact) mass is 377 g/mol. The molecule has 0 aliphatic heterocycles. The van der Waals surface area contributed by atoms with E-state index in [1.54, 1.807) is 13.3 Å². The van der Waals surface area contributed by atoms with E-state index in [0.717, 1.165) is 29.1 Å². The Morgan fingerprint density at radius 1 is 1.35 bits per heavy atom. The van der Waals surface area contributed by atoms with Gasteiger partial charge in [-0.05, 0) is 34.5 Å². The van der Waals surface area contributed by atoms with E-state index in [1.165, 1.54) is 0 Å². The van der Waals surface area contributed by atoms with E-state index in [9.17, 15) is 0 Å². The maximum Gasteiger partial charge on any atom is 0.207 e. The van der Waals surface area contributed by atoms with Crippen LogP contribution >= 0.6 is 39.1 Å². The molecule has 0 radical (unpaired) electrons. The Kier molecular flexibility index (Phi) is 5.72. The van der Waals surface area contributed by atoms with Crippen LogP contribution in [0.2, 0.25) is 10.0 Å². The zero-order valence-electron chi connectivity index (χ0n) is 10.9. The molecule has 108 valence electrons. The molecule has 0 fully saturated rings. The number of hydrogen-bond donors (Lipinski definition) is 1. The lowest BCUT2D eigenvalue weighted by Crippen LogP contribution is -2.05. The molecular formula is C13H14BrCl2N3O. The minimum atomic E-state index is 0.465. The minimum Gasteiger partial charge on any atom is -0.385 e. The fraction of sp³-hybridized carbons (Fsp3) is 0.308. The Hall–Kier alpha value is -0.750. The molecule has 0 saturated carbocycles. The molecule has 0 amide bonds. The fourth-order valence-corrected chi connectivity index (χ4v) is 2.56. The van der Waals surface area contributed by atoms with Crippen LogP contribution in [-0.4, -0.2) is 23.3 Å². The second-order valence-electron chi connectivity index (χ2n) is 4.14. The molecule has 0 unspecified atom stereocenters. The molecule has 2 aromatic rings. The quantitative estimate of drug-likeness (QED) is 0.583. The summed E-state index contributed by atoms with van der Waals surface area (Å²) in [6, 6.07) is 3.70. The summed E-state index contributed by atoms with van der Waals surface area (Å²) in [6.07, 6.45) is 4.56. The van der Waals surface area contributed by atoms with E-state index in [1.807, 2.05) is 22.9 Å². The van der Waals surface area contributed by atoms with Gasteiger partial charge in [0.05, 0.1) is 15.7 Å². The van der Waals surface area contributed by atoms with Crippen LogP contribution in [0.4, 0.5) is 11.6 Å². The van der Waals surface area contributed by atoms with Gasteiger partial charge in [0.2, 0.25) is 5.95 Å². The lowest BCUT2D eigenvalue weighted by Gasteiger charge is -2.12. The number of nitrogens with one attached hydrogen (secondary N) is 1. The molecule has 2 rings (SSSR count). The van der Waals surface area contributed by atoms with Gasteiger partial charge in [0, 0.05) is 37.1 Å². The topological polar surface area (TPSA) is 39.1 Å². The lowest BCUT2D eigenvalue weighted by atomic mass is 10.3. The maximum absolute atomic E-state index is 6.21. The van der Waals surface area contributed by atoms with Crippen LogP contribution in [0, 0.1) is 0 Å². The molecule has 20 heavy (non-hydrogen) atoms. The number of aromatic nitrogens is 2. The molecule has 0 atom stereocenters. The first kappa shape index (κ1) is 15.6. The number of nitrogens with zero attached hydrogens (tertiary/aromatic N) is 2. The summed E-state index contributed by atoms with van der Waals surface area (Å²) in [4.78, 5) is 4.28. The van der Waals surface area contributed by atoms with E-state index in [0.29, 0.717) is 16.7 Å². The van der Waals surface area contributed by atoms with Crippen molar-refractivity contribution in [1.82, 2.24) is 9.55 Å². The minimum absolute atomic E-state index is 0.465. The van der Waals surface area contributed by atoms with Gasteiger partial charge in [0.1, 0.15) is 0 Å². The maximum atomic E-state index is 6.21. The summed E-state index contributed by atoms with van der Waals surface area (Å²) in [5, 5.41) is 4.14. The highest BCUT2D eigenvalue weighted by molar-refractivity contribution is 9.10. The first-order chi connectivity index (χ1) is 9.63. The summed E-state index contributed by atoms with van der Waals surface area (Å²) < 4.78 is 7.82. The molecule has 1 aromatic carbocycles. The van der Waals surface area contributed by atoms with Crippen molar-refractivity contribution in [2.24, 2.45) is 0 Å². The van der Waals surface area contributed by atoms with Crippen LogP contribution in [0.25, 0.3) is 0 Å². The van der Waals surface area contributed by atoms with Gasteiger partial charge in [-0.25, -0.2) is 4.98 Å². The summed E-state index contributed by atoms with van der Waals surface area (Å²) in [5.41, 5.74) is 0.721. The zero-order valence-corrected chi connectivity index (χ0v) is 14.0. The first-order valence-electron chi connectivity index (χ1n) is 6.04. The van der Waals surface area contributed by atoms with Gasteiger partial charge < -0.3 is 14.6 Å². The Labute approximate surface area is 136 Å². The van der Waals surface area contributed by atoms with Gasteiger partial charge >= 0.3 is 0 Å². The highest BCUT2D eigenvalue weighted by Gasteiger charge is 2.10. The highest BCUT2D eigenvalue weighted by atomic mass is 79.9. The number of halogens is 3. The van der Waals surface area contributed by atoms with E-state index in [2.05, 4.69) is 26.2 Å². The standard InChI is InChI=1S/C13H14BrCl2N3O/c1-20-8-2-6-19-7-5-17-13(19)18-10-4-3-9(14)11(15)12(10)16/h3-5,7H,2,6,8H2,1H3,(H,17,18). The predicted octanol–water partition coefficient (Wildman–Crippen LogP) is 4.73. The van der Waals surface area contributed by atoms with Crippen LogP contribution in [0.15, 0.2) is 29.0 Å². The second-order valence-corrected chi connectivity index (χ2v) is 5.75. The Morgan fingerprint density at radius 2 is 2.15 bits per heavy atom. The number of rotatable bonds is 6. The number of anilines is 2. The van der Waals surface area contributed by atoms with Gasteiger partial charge in [0.15, 0.2) is 0 Å². The van der Waals surface area contributed by atoms with Crippen molar-refractivity contribution in [1.29, 1.82) is 0 Å². The zero-order chi connectivity index (χ0) is 14.5. The van der Waals surface area contributed by atoms with Gasteiger partial charge in [-0.2, -0.15) is 0 Å². The van der Waals surface area contributed by atoms with Crippen LogP contribution < -0.4 is 5.32 Å². The molecule has 0 aliphatic carbocycles. The predicted molar refractivity (Wildman–Crippen MR) is 86.2 cm³/mol. The molecule has 7 heteroatoms. The summed E-state index contributed by atoms with van der Waals surface area (Å²) in [5.74, 6) is 0.724. The lowest BCUT2D eigenvalue weighted by molar-refractivity contribution is 0.190. The number of ether oxygens (including phenoxy) is 1. The Bertz CT molecular complexity index is 589. The molecule has 0 aliphatic rings. The number of methoxy groups -OCH3 is 1. The molecule has 0 spiro atoms. The number of benzene rings is 1. The van der Waals surface area contributed by atoms with Crippen molar-refractivity contribution in [2.45, 2.75) is 13.0 Å². The van der Waals surface area contributed by atoms with E-state index < -0.39 is 0 Å². The Morgan fingerprint density at radius 3 is 2.90 bits per heavy atom. The van der Waals surface area contributed by atoms with Crippen molar-refractivity contribution in [3.8, 4) is 0 Å². The van der Waals surface area contributed by atoms with Crippen molar-refractivity contribution in [3.05, 3.63) is 39.0 Å². The average molecular weight is 379 g/mol. The van der Waals surface area contributed by atoms with Crippen LogP contribution in [-0.2, 0) is 11.3 Å². The third-order valence-electron chi connectivity index (χ3n) is 2.74. The third-order valence-corrected chi connectivity index (χ3v) is 4.52. The normalized spacial score (nSPS) is 10.8. The van der Waals surface area contributed by atoms with Crippen LogP contribution in [0.5, 0.6) is 0 Å². The average Bonchev–Trinajstić information content (AvgIpc) is 2.87. The van der Waals surface area contributed by atoms with E-state index in [4.69, 9.17) is 27.9 Å². The van der Waals surface area contributed by atoms with Crippen LogP contribution in [0.1, 0.15) is 6.42 Å². The largest absolute Gasteiger partial charge is 0.385 e. The van der Waals surface area contributed by atoms with Crippen molar-refractivity contribution in [2.75, 3.05) is 19.0 Å². The van der Waals surface area contributed by atoms with Gasteiger partial charge in [0.25, 0.3) is 0 Å². The molecule has 1 aromatic heterocycles. The molecule has 0 bridgehead atoms. The van der Waals surface area contributed by atoms with Gasteiger partial charge in [-0.3, -0.25) is 0 Å². The SMILES string of the molecule is COCCCn1ccnc1Nc1ccc(Br)c(Cl)c1Cl. The van der Waals surface area contributed by atoms with Gasteiger partial charge in [-0.1, -0.05) is 23.2 Å². The fourth-order valence-electron chi connectivity index (χ4n) is 1.74.